The summed E-state index contributed by atoms with van der Waals surface area (Å²) in [6.45, 7) is 4.22. The number of methoxy groups -OCH3 is 1. The predicted octanol–water partition coefficient (Wildman–Crippen LogP) is 3.01. The zero-order chi connectivity index (χ0) is 12.9. The smallest absolute Gasteiger partial charge is 0.305 e. The fourth-order valence-electron chi connectivity index (χ4n) is 1.85. The molecular weight excluding hydrogens is 216 g/mol. The second-order valence-corrected chi connectivity index (χ2v) is 4.86. The summed E-state index contributed by atoms with van der Waals surface area (Å²) < 4.78 is 4.61. The Morgan fingerprint density at radius 3 is 2.71 bits per heavy atom. The van der Waals surface area contributed by atoms with Gasteiger partial charge in [0.1, 0.15) is 5.75 Å². The molecule has 0 amide bonds. The number of phenols is 1. The summed E-state index contributed by atoms with van der Waals surface area (Å²) in [5.74, 6) is 0.111. The van der Waals surface area contributed by atoms with Gasteiger partial charge in [-0.25, -0.2) is 0 Å². The van der Waals surface area contributed by atoms with Gasteiger partial charge in [0.15, 0.2) is 0 Å². The van der Waals surface area contributed by atoms with Gasteiger partial charge in [0.05, 0.1) is 7.11 Å². The molecule has 0 saturated heterocycles. The number of hydrogen-bond acceptors (Lipinski definition) is 3. The molecule has 0 aliphatic carbocycles. The van der Waals surface area contributed by atoms with Crippen LogP contribution in [0.5, 0.6) is 5.75 Å². The molecule has 1 aromatic rings. The minimum Gasteiger partial charge on any atom is -0.508 e. The zero-order valence-electron chi connectivity index (χ0n) is 10.7. The normalized spacial score (nSPS) is 11.2. The molecule has 1 N–H and O–H groups in total. The maximum absolute atomic E-state index is 11.0. The molecule has 0 spiro atoms. The Hall–Kier alpha value is -1.51. The number of rotatable bonds is 5. The van der Waals surface area contributed by atoms with Gasteiger partial charge in [-0.3, -0.25) is 4.79 Å². The third-order valence-electron chi connectivity index (χ3n) is 3.04. The Morgan fingerprint density at radius 2 is 2.12 bits per heavy atom. The lowest BCUT2D eigenvalue weighted by Crippen LogP contribution is -2.17. The lowest BCUT2D eigenvalue weighted by molar-refractivity contribution is -0.140. The molecule has 0 fully saturated rings. The molecule has 0 saturated carbocycles. The lowest BCUT2D eigenvalue weighted by atomic mass is 9.80. The summed E-state index contributed by atoms with van der Waals surface area (Å²) in [6.07, 6.45) is 2.11. The highest BCUT2D eigenvalue weighted by Gasteiger charge is 2.20. The van der Waals surface area contributed by atoms with Crippen molar-refractivity contribution in [2.75, 3.05) is 7.11 Å². The van der Waals surface area contributed by atoms with Crippen molar-refractivity contribution in [1.29, 1.82) is 0 Å². The average Bonchev–Trinajstić information content (AvgIpc) is 2.28. The molecular formula is C14H20O3. The third kappa shape index (κ3) is 4.10. The highest BCUT2D eigenvalue weighted by atomic mass is 16.5. The van der Waals surface area contributed by atoms with E-state index in [0.717, 1.165) is 18.4 Å². The summed E-state index contributed by atoms with van der Waals surface area (Å²) in [5.41, 5.74) is 1.04. The van der Waals surface area contributed by atoms with Gasteiger partial charge < -0.3 is 9.84 Å². The Kier molecular flexibility index (Phi) is 4.55. The van der Waals surface area contributed by atoms with E-state index in [4.69, 9.17) is 0 Å². The molecule has 0 unspecified atom stereocenters. The Bertz CT molecular complexity index is 383. The van der Waals surface area contributed by atoms with Crippen LogP contribution >= 0.6 is 0 Å². The van der Waals surface area contributed by atoms with Gasteiger partial charge in [0.25, 0.3) is 0 Å². The SMILES string of the molecule is COC(=O)CCCC(C)(C)c1cccc(O)c1. The number of esters is 1. The first-order valence-electron chi connectivity index (χ1n) is 5.82. The molecule has 3 nitrogen and oxygen atoms in total. The molecule has 1 aromatic carbocycles. The first kappa shape index (κ1) is 13.6. The maximum Gasteiger partial charge on any atom is 0.305 e. The van der Waals surface area contributed by atoms with Crippen LogP contribution in [-0.2, 0) is 14.9 Å². The van der Waals surface area contributed by atoms with Crippen LogP contribution in [0.25, 0.3) is 0 Å². The second kappa shape index (κ2) is 5.71. The van der Waals surface area contributed by atoms with Crippen molar-refractivity contribution in [3.8, 4) is 5.75 Å². The molecule has 0 aliphatic heterocycles. The summed E-state index contributed by atoms with van der Waals surface area (Å²) in [7, 11) is 1.41. The highest BCUT2D eigenvalue weighted by molar-refractivity contribution is 5.69. The van der Waals surface area contributed by atoms with E-state index < -0.39 is 0 Å². The van der Waals surface area contributed by atoms with Crippen molar-refractivity contribution in [2.24, 2.45) is 0 Å². The van der Waals surface area contributed by atoms with Crippen molar-refractivity contribution < 1.29 is 14.6 Å². The Labute approximate surface area is 102 Å². The minimum atomic E-state index is -0.170. The number of aromatic hydroxyl groups is 1. The van der Waals surface area contributed by atoms with Crippen LogP contribution in [0.3, 0.4) is 0 Å². The van der Waals surface area contributed by atoms with Crippen LogP contribution in [-0.4, -0.2) is 18.2 Å². The van der Waals surface area contributed by atoms with Crippen molar-refractivity contribution >= 4 is 5.97 Å². The largest absolute Gasteiger partial charge is 0.508 e. The molecule has 0 radical (unpaired) electrons. The fraction of sp³-hybridized carbons (Fsp3) is 0.500. The van der Waals surface area contributed by atoms with Crippen molar-refractivity contribution in [1.82, 2.24) is 0 Å². The van der Waals surface area contributed by atoms with E-state index in [0.29, 0.717) is 6.42 Å². The van der Waals surface area contributed by atoms with Gasteiger partial charge in [-0.1, -0.05) is 26.0 Å². The van der Waals surface area contributed by atoms with Gasteiger partial charge in [0, 0.05) is 6.42 Å². The molecule has 0 atom stereocenters. The quantitative estimate of drug-likeness (QED) is 0.799. The standard InChI is InChI=1S/C14H20O3/c1-14(2,9-5-8-13(16)17-3)11-6-4-7-12(15)10-11/h4,6-7,10,15H,5,8-9H2,1-3H3. The summed E-state index contributed by atoms with van der Waals surface area (Å²) in [5, 5.41) is 9.45. The van der Waals surface area contributed by atoms with Crippen molar-refractivity contribution in [3.05, 3.63) is 29.8 Å². The van der Waals surface area contributed by atoms with Gasteiger partial charge in [-0.05, 0) is 36.0 Å². The zero-order valence-corrected chi connectivity index (χ0v) is 10.7. The van der Waals surface area contributed by atoms with Crippen LogP contribution in [0, 0.1) is 0 Å². The van der Waals surface area contributed by atoms with Gasteiger partial charge >= 0.3 is 5.97 Å². The number of carbonyl (C=O) groups is 1. The first-order chi connectivity index (χ1) is 7.95. The van der Waals surface area contributed by atoms with E-state index in [9.17, 15) is 9.90 Å². The number of benzene rings is 1. The first-order valence-corrected chi connectivity index (χ1v) is 5.82. The van der Waals surface area contributed by atoms with E-state index in [1.165, 1.54) is 7.11 Å². The van der Waals surface area contributed by atoms with Crippen LogP contribution in [0.15, 0.2) is 24.3 Å². The molecule has 1 rings (SSSR count). The molecule has 0 bridgehead atoms. The average molecular weight is 236 g/mol. The number of phenolic OH excluding ortho intramolecular Hbond substituents is 1. The maximum atomic E-state index is 11.0. The van der Waals surface area contributed by atoms with Gasteiger partial charge in [0.2, 0.25) is 0 Å². The number of ether oxygens (including phenoxy) is 1. The van der Waals surface area contributed by atoms with E-state index in [-0.39, 0.29) is 17.1 Å². The Morgan fingerprint density at radius 1 is 1.41 bits per heavy atom. The lowest BCUT2D eigenvalue weighted by Gasteiger charge is -2.25. The van der Waals surface area contributed by atoms with E-state index in [2.05, 4.69) is 18.6 Å². The Balaban J connectivity index is 2.59. The van der Waals surface area contributed by atoms with Crippen LogP contribution in [0.4, 0.5) is 0 Å². The molecule has 17 heavy (non-hydrogen) atoms. The number of carbonyl (C=O) groups excluding carboxylic acids is 1. The van der Waals surface area contributed by atoms with E-state index in [1.54, 1.807) is 12.1 Å². The van der Waals surface area contributed by atoms with E-state index >= 15 is 0 Å². The van der Waals surface area contributed by atoms with Crippen molar-refractivity contribution in [2.45, 2.75) is 38.5 Å². The van der Waals surface area contributed by atoms with Crippen LogP contribution < -0.4 is 0 Å². The molecule has 0 aromatic heterocycles. The van der Waals surface area contributed by atoms with Gasteiger partial charge in [-0.15, -0.1) is 0 Å². The minimum absolute atomic E-state index is 0.0488. The highest BCUT2D eigenvalue weighted by Crippen LogP contribution is 2.30. The summed E-state index contributed by atoms with van der Waals surface area (Å²) in [6, 6.07) is 7.27. The third-order valence-corrected chi connectivity index (χ3v) is 3.04. The number of hydrogen-bond donors (Lipinski definition) is 1. The van der Waals surface area contributed by atoms with Crippen LogP contribution in [0.2, 0.25) is 0 Å². The monoisotopic (exact) mass is 236 g/mol. The molecule has 3 heteroatoms. The fourth-order valence-corrected chi connectivity index (χ4v) is 1.85. The van der Waals surface area contributed by atoms with E-state index in [1.807, 2.05) is 12.1 Å². The van der Waals surface area contributed by atoms with Crippen LogP contribution in [0.1, 0.15) is 38.7 Å². The van der Waals surface area contributed by atoms with Gasteiger partial charge in [-0.2, -0.15) is 0 Å². The summed E-state index contributed by atoms with van der Waals surface area (Å²) >= 11 is 0. The van der Waals surface area contributed by atoms with Crippen molar-refractivity contribution in [3.63, 3.8) is 0 Å². The second-order valence-electron chi connectivity index (χ2n) is 4.86. The topological polar surface area (TPSA) is 46.5 Å². The molecule has 94 valence electrons. The predicted molar refractivity (Wildman–Crippen MR) is 67.0 cm³/mol. The molecule has 0 aliphatic rings. The molecule has 0 heterocycles. The summed E-state index contributed by atoms with van der Waals surface area (Å²) in [4.78, 5) is 11.0.